The lowest BCUT2D eigenvalue weighted by molar-refractivity contribution is 0.464. The van der Waals surface area contributed by atoms with E-state index >= 15 is 0 Å². The van der Waals surface area contributed by atoms with Crippen LogP contribution in [0.15, 0.2) is 30.5 Å². The molecule has 7 heteroatoms. The SMILES string of the molecule is CCCNc1nc(Oc2cccc(F)c2)c2cn[nH]c2n1. The van der Waals surface area contributed by atoms with Gasteiger partial charge in [0.05, 0.1) is 6.20 Å². The third-order valence-corrected chi connectivity index (χ3v) is 2.82. The molecule has 0 amide bonds. The number of hydrogen-bond acceptors (Lipinski definition) is 5. The number of nitrogens with one attached hydrogen (secondary N) is 2. The molecule has 21 heavy (non-hydrogen) atoms. The molecule has 2 heterocycles. The van der Waals surface area contributed by atoms with Crippen molar-refractivity contribution in [2.24, 2.45) is 0 Å². The smallest absolute Gasteiger partial charge is 0.235 e. The van der Waals surface area contributed by atoms with Crippen molar-refractivity contribution in [2.75, 3.05) is 11.9 Å². The minimum Gasteiger partial charge on any atom is -0.438 e. The second kappa shape index (κ2) is 5.74. The van der Waals surface area contributed by atoms with E-state index in [0.29, 0.717) is 28.6 Å². The van der Waals surface area contributed by atoms with E-state index in [1.54, 1.807) is 18.3 Å². The van der Waals surface area contributed by atoms with E-state index in [9.17, 15) is 4.39 Å². The number of halogens is 1. The number of aromatic amines is 1. The molecule has 3 aromatic rings. The number of nitrogens with zero attached hydrogens (tertiary/aromatic N) is 3. The van der Waals surface area contributed by atoms with E-state index in [0.717, 1.165) is 13.0 Å². The van der Waals surface area contributed by atoms with Gasteiger partial charge in [-0.15, -0.1) is 0 Å². The molecule has 0 aliphatic heterocycles. The molecule has 0 unspecified atom stereocenters. The molecule has 0 spiro atoms. The lowest BCUT2D eigenvalue weighted by atomic mass is 10.3. The van der Waals surface area contributed by atoms with Gasteiger partial charge in [-0.2, -0.15) is 15.1 Å². The Kier molecular flexibility index (Phi) is 3.63. The fraction of sp³-hybridized carbons (Fsp3) is 0.214. The van der Waals surface area contributed by atoms with Crippen LogP contribution < -0.4 is 10.1 Å². The molecule has 2 N–H and O–H groups in total. The van der Waals surface area contributed by atoms with Gasteiger partial charge in [-0.05, 0) is 18.6 Å². The third-order valence-electron chi connectivity index (χ3n) is 2.82. The summed E-state index contributed by atoms with van der Waals surface area (Å²) >= 11 is 0. The number of benzene rings is 1. The summed E-state index contributed by atoms with van der Waals surface area (Å²) in [5.74, 6) is 0.782. The highest BCUT2D eigenvalue weighted by Crippen LogP contribution is 2.27. The second-order valence-electron chi connectivity index (χ2n) is 4.47. The summed E-state index contributed by atoms with van der Waals surface area (Å²) in [5.41, 5.74) is 0.565. The molecule has 0 saturated carbocycles. The summed E-state index contributed by atoms with van der Waals surface area (Å²) in [6.45, 7) is 2.80. The van der Waals surface area contributed by atoms with E-state index in [1.165, 1.54) is 12.1 Å². The summed E-state index contributed by atoms with van der Waals surface area (Å²) in [6, 6.07) is 5.90. The maximum absolute atomic E-state index is 13.2. The number of hydrogen-bond donors (Lipinski definition) is 2. The summed E-state index contributed by atoms with van der Waals surface area (Å²) in [5, 5.41) is 10.4. The van der Waals surface area contributed by atoms with Gasteiger partial charge >= 0.3 is 0 Å². The van der Waals surface area contributed by atoms with Crippen molar-refractivity contribution in [1.82, 2.24) is 20.2 Å². The van der Waals surface area contributed by atoms with Gasteiger partial charge in [0.15, 0.2) is 5.65 Å². The van der Waals surface area contributed by atoms with Crippen LogP contribution in [0.25, 0.3) is 11.0 Å². The van der Waals surface area contributed by atoms with E-state index < -0.39 is 0 Å². The molecule has 0 saturated heterocycles. The number of anilines is 1. The predicted molar refractivity (Wildman–Crippen MR) is 76.9 cm³/mol. The quantitative estimate of drug-likeness (QED) is 0.754. The lowest BCUT2D eigenvalue weighted by Gasteiger charge is -2.08. The number of fused-ring (bicyclic) bond motifs is 1. The van der Waals surface area contributed by atoms with Gasteiger partial charge in [-0.1, -0.05) is 13.0 Å². The highest BCUT2D eigenvalue weighted by atomic mass is 19.1. The molecule has 0 radical (unpaired) electrons. The average molecular weight is 287 g/mol. The Morgan fingerprint density at radius 3 is 3.05 bits per heavy atom. The minimum atomic E-state index is -0.366. The fourth-order valence-electron chi connectivity index (χ4n) is 1.84. The van der Waals surface area contributed by atoms with E-state index in [1.807, 2.05) is 6.92 Å². The lowest BCUT2D eigenvalue weighted by Crippen LogP contribution is -2.05. The zero-order chi connectivity index (χ0) is 14.7. The standard InChI is InChI=1S/C14H14FN5O/c1-2-6-16-14-18-12-11(8-17-20-12)13(19-14)21-10-5-3-4-9(15)7-10/h3-5,7-8H,2,6H2,1H3,(H2,16,17,18,19,20). The van der Waals surface area contributed by atoms with Crippen LogP contribution >= 0.6 is 0 Å². The molecule has 2 aromatic heterocycles. The first-order chi connectivity index (χ1) is 10.3. The Morgan fingerprint density at radius 2 is 2.24 bits per heavy atom. The Bertz CT molecular complexity index is 758. The van der Waals surface area contributed by atoms with Crippen molar-refractivity contribution in [2.45, 2.75) is 13.3 Å². The molecule has 108 valence electrons. The summed E-state index contributed by atoms with van der Waals surface area (Å²) in [7, 11) is 0. The zero-order valence-corrected chi connectivity index (χ0v) is 11.4. The van der Waals surface area contributed by atoms with E-state index in [-0.39, 0.29) is 5.82 Å². The molecule has 0 aliphatic rings. The molecule has 3 rings (SSSR count). The first-order valence-corrected chi connectivity index (χ1v) is 6.64. The van der Waals surface area contributed by atoms with Gasteiger partial charge in [-0.25, -0.2) is 4.39 Å². The normalized spacial score (nSPS) is 10.8. The molecule has 0 aliphatic carbocycles. The van der Waals surface area contributed by atoms with Crippen molar-refractivity contribution in [3.05, 3.63) is 36.3 Å². The Morgan fingerprint density at radius 1 is 1.33 bits per heavy atom. The highest BCUT2D eigenvalue weighted by molar-refractivity contribution is 5.80. The van der Waals surface area contributed by atoms with Crippen molar-refractivity contribution in [3.63, 3.8) is 0 Å². The van der Waals surface area contributed by atoms with Crippen LogP contribution in [-0.2, 0) is 0 Å². The average Bonchev–Trinajstić information content (AvgIpc) is 2.94. The molecule has 0 bridgehead atoms. The van der Waals surface area contributed by atoms with Crippen molar-refractivity contribution in [1.29, 1.82) is 0 Å². The highest BCUT2D eigenvalue weighted by Gasteiger charge is 2.11. The summed E-state index contributed by atoms with van der Waals surface area (Å²) < 4.78 is 18.9. The van der Waals surface area contributed by atoms with Crippen molar-refractivity contribution in [3.8, 4) is 11.6 Å². The van der Waals surface area contributed by atoms with Crippen molar-refractivity contribution >= 4 is 17.0 Å². The van der Waals surface area contributed by atoms with Crippen LogP contribution in [0.2, 0.25) is 0 Å². The van der Waals surface area contributed by atoms with E-state index in [4.69, 9.17) is 4.74 Å². The van der Waals surface area contributed by atoms with Crippen LogP contribution in [0.5, 0.6) is 11.6 Å². The third kappa shape index (κ3) is 2.91. The maximum atomic E-state index is 13.2. The maximum Gasteiger partial charge on any atom is 0.235 e. The monoisotopic (exact) mass is 287 g/mol. The van der Waals surface area contributed by atoms with Gasteiger partial charge in [0.2, 0.25) is 11.8 Å². The van der Waals surface area contributed by atoms with Crippen LogP contribution in [-0.4, -0.2) is 26.7 Å². The zero-order valence-electron chi connectivity index (χ0n) is 11.4. The number of rotatable bonds is 5. The number of H-pyrrole nitrogens is 1. The number of ether oxygens (including phenoxy) is 1. The molecular weight excluding hydrogens is 273 g/mol. The Labute approximate surface area is 120 Å². The van der Waals surface area contributed by atoms with Crippen LogP contribution in [0.1, 0.15) is 13.3 Å². The first-order valence-electron chi connectivity index (χ1n) is 6.64. The van der Waals surface area contributed by atoms with E-state index in [2.05, 4.69) is 25.5 Å². The van der Waals surface area contributed by atoms with Gasteiger partial charge in [-0.3, -0.25) is 5.10 Å². The van der Waals surface area contributed by atoms with Crippen LogP contribution in [0, 0.1) is 5.82 Å². The van der Waals surface area contributed by atoms with Crippen LogP contribution in [0.3, 0.4) is 0 Å². The van der Waals surface area contributed by atoms with Gasteiger partial charge in [0, 0.05) is 12.6 Å². The van der Waals surface area contributed by atoms with Gasteiger partial charge < -0.3 is 10.1 Å². The predicted octanol–water partition coefficient (Wildman–Crippen LogP) is 3.11. The minimum absolute atomic E-state index is 0.331. The topological polar surface area (TPSA) is 75.7 Å². The van der Waals surface area contributed by atoms with Crippen molar-refractivity contribution < 1.29 is 9.13 Å². The van der Waals surface area contributed by atoms with Gasteiger partial charge in [0.25, 0.3) is 0 Å². The largest absolute Gasteiger partial charge is 0.438 e. The van der Waals surface area contributed by atoms with Gasteiger partial charge in [0.1, 0.15) is 17.0 Å². The van der Waals surface area contributed by atoms with Crippen LogP contribution in [0.4, 0.5) is 10.3 Å². The Balaban J connectivity index is 1.97. The molecular formula is C14H14FN5O. The number of aromatic nitrogens is 4. The first kappa shape index (κ1) is 13.3. The summed E-state index contributed by atoms with van der Waals surface area (Å²) in [6.07, 6.45) is 2.53. The molecule has 0 atom stereocenters. The molecule has 0 fully saturated rings. The summed E-state index contributed by atoms with van der Waals surface area (Å²) in [4.78, 5) is 8.61. The second-order valence-corrected chi connectivity index (χ2v) is 4.47. The molecule has 6 nitrogen and oxygen atoms in total. The molecule has 1 aromatic carbocycles. The Hall–Kier alpha value is -2.70. The fourth-order valence-corrected chi connectivity index (χ4v) is 1.84.